The largest absolute Gasteiger partial charge is 0.393 e. The first kappa shape index (κ1) is 23.5. The number of fused-ring (bicyclic) bond motifs is 1. The molecule has 1 aromatic carbocycles. The Morgan fingerprint density at radius 3 is 2.50 bits per heavy atom. The molecule has 32 heavy (non-hydrogen) atoms. The number of nitrogens with one attached hydrogen (secondary N) is 3. The van der Waals surface area contributed by atoms with Gasteiger partial charge in [0, 0.05) is 12.6 Å². The van der Waals surface area contributed by atoms with Crippen LogP contribution in [-0.2, 0) is 21.2 Å². The summed E-state index contributed by atoms with van der Waals surface area (Å²) in [5, 5.41) is 8.17. The molecule has 3 fully saturated rings. The van der Waals surface area contributed by atoms with E-state index < -0.39 is 27.2 Å². The molecule has 6 nitrogen and oxygen atoms in total. The molecule has 4 rings (SSSR count). The van der Waals surface area contributed by atoms with Gasteiger partial charge in [-0.3, -0.25) is 4.79 Å². The second-order valence-electron chi connectivity index (χ2n) is 9.19. The molecule has 1 aliphatic carbocycles. The van der Waals surface area contributed by atoms with Gasteiger partial charge < -0.3 is 16.0 Å². The summed E-state index contributed by atoms with van der Waals surface area (Å²) in [6, 6.07) is 5.95. The number of hydrogen-bond acceptors (Lipinski definition) is 5. The fourth-order valence-corrected chi connectivity index (χ4v) is 7.39. The zero-order valence-electron chi connectivity index (χ0n) is 17.8. The van der Waals surface area contributed by atoms with Crippen molar-refractivity contribution in [2.75, 3.05) is 13.1 Å². The van der Waals surface area contributed by atoms with Crippen LogP contribution in [0.3, 0.4) is 0 Å². The second-order valence-corrected chi connectivity index (χ2v) is 11.4. The zero-order valence-corrected chi connectivity index (χ0v) is 18.6. The van der Waals surface area contributed by atoms with Crippen molar-refractivity contribution in [3.8, 4) is 0 Å². The molecule has 5 atom stereocenters. The van der Waals surface area contributed by atoms with E-state index >= 15 is 0 Å². The van der Waals surface area contributed by atoms with Crippen LogP contribution in [0.15, 0.2) is 29.2 Å². The van der Waals surface area contributed by atoms with Gasteiger partial charge in [0.2, 0.25) is 5.91 Å². The number of piperidine rings is 1. The third-order valence-electron chi connectivity index (χ3n) is 7.12. The van der Waals surface area contributed by atoms with Crippen molar-refractivity contribution in [2.45, 2.75) is 73.5 Å². The normalized spacial score (nSPS) is 31.2. The predicted octanol–water partition coefficient (Wildman–Crippen LogP) is 2.54. The maximum absolute atomic E-state index is 13.4. The molecule has 2 aliphatic heterocycles. The van der Waals surface area contributed by atoms with E-state index in [4.69, 9.17) is 0 Å². The van der Waals surface area contributed by atoms with Gasteiger partial charge in [-0.2, -0.15) is 13.2 Å². The van der Waals surface area contributed by atoms with Crippen molar-refractivity contribution >= 4 is 15.7 Å². The number of benzene rings is 1. The summed E-state index contributed by atoms with van der Waals surface area (Å²) in [6.07, 6.45) is -2.00. The van der Waals surface area contributed by atoms with Crippen LogP contribution in [0, 0.1) is 11.8 Å². The Bertz CT molecular complexity index is 907. The first-order valence-corrected chi connectivity index (χ1v) is 12.8. The van der Waals surface area contributed by atoms with E-state index in [1.807, 2.05) is 0 Å². The summed E-state index contributed by atoms with van der Waals surface area (Å²) < 4.78 is 66.0. The lowest BCUT2D eigenvalue weighted by molar-refractivity contribution is -0.180. The minimum Gasteiger partial charge on any atom is -0.351 e. The third-order valence-corrected chi connectivity index (χ3v) is 9.41. The highest BCUT2D eigenvalue weighted by Crippen LogP contribution is 2.42. The van der Waals surface area contributed by atoms with Crippen LogP contribution < -0.4 is 16.0 Å². The van der Waals surface area contributed by atoms with Crippen molar-refractivity contribution in [3.63, 3.8) is 0 Å². The van der Waals surface area contributed by atoms with Crippen molar-refractivity contribution in [2.24, 2.45) is 11.8 Å². The van der Waals surface area contributed by atoms with Crippen LogP contribution in [0.4, 0.5) is 13.2 Å². The van der Waals surface area contributed by atoms with E-state index in [9.17, 15) is 26.4 Å². The van der Waals surface area contributed by atoms with Crippen LogP contribution in [0.5, 0.6) is 0 Å². The summed E-state index contributed by atoms with van der Waals surface area (Å²) in [4.78, 5) is 12.4. The molecule has 10 heteroatoms. The maximum Gasteiger partial charge on any atom is 0.393 e. The highest BCUT2D eigenvalue weighted by atomic mass is 32.2. The van der Waals surface area contributed by atoms with Gasteiger partial charge in [-0.25, -0.2) is 8.42 Å². The molecule has 0 bridgehead atoms. The predicted molar refractivity (Wildman–Crippen MR) is 114 cm³/mol. The molecule has 0 spiro atoms. The molecule has 3 N–H and O–H groups in total. The lowest BCUT2D eigenvalue weighted by Crippen LogP contribution is -2.45. The molecule has 178 valence electrons. The molecule has 2 heterocycles. The van der Waals surface area contributed by atoms with E-state index in [0.29, 0.717) is 30.4 Å². The Hall–Kier alpha value is -1.65. The van der Waals surface area contributed by atoms with Crippen molar-refractivity contribution < 1.29 is 26.4 Å². The molecule has 1 amide bonds. The topological polar surface area (TPSA) is 87.3 Å². The van der Waals surface area contributed by atoms with Gasteiger partial charge >= 0.3 is 6.18 Å². The fourth-order valence-electron chi connectivity index (χ4n) is 5.33. The number of halogens is 3. The van der Waals surface area contributed by atoms with Gasteiger partial charge in [-0.05, 0) is 62.4 Å². The van der Waals surface area contributed by atoms with Crippen molar-refractivity contribution in [1.82, 2.24) is 16.0 Å². The Balaban J connectivity index is 1.37. The van der Waals surface area contributed by atoms with Crippen LogP contribution in [0.25, 0.3) is 0 Å². The maximum atomic E-state index is 13.4. The van der Waals surface area contributed by atoms with Gasteiger partial charge in [0.15, 0.2) is 9.84 Å². The highest BCUT2D eigenvalue weighted by molar-refractivity contribution is 7.92. The summed E-state index contributed by atoms with van der Waals surface area (Å²) in [5.74, 6) is -1.46. The highest BCUT2D eigenvalue weighted by Gasteiger charge is 2.50. The molecule has 1 aromatic rings. The molecule has 1 saturated carbocycles. The Labute approximate surface area is 186 Å². The SMILES string of the molecule is O=C(NCc1ccc(S(=O)(=O)C2CCCCC2C(F)(F)F)cc1)C1CC2CNCCC2N1. The number of alkyl halides is 3. The number of carbonyl (C=O) groups is 1. The zero-order chi connectivity index (χ0) is 22.9. The quantitative estimate of drug-likeness (QED) is 0.612. The van der Waals surface area contributed by atoms with Crippen LogP contribution in [-0.4, -0.2) is 50.9 Å². The first-order valence-electron chi connectivity index (χ1n) is 11.3. The second kappa shape index (κ2) is 9.30. The van der Waals surface area contributed by atoms with Crippen LogP contribution in [0.1, 0.15) is 44.1 Å². The van der Waals surface area contributed by atoms with Gasteiger partial charge in [0.25, 0.3) is 0 Å². The smallest absolute Gasteiger partial charge is 0.351 e. The van der Waals surface area contributed by atoms with Gasteiger partial charge in [0.05, 0.1) is 22.1 Å². The van der Waals surface area contributed by atoms with Gasteiger partial charge in [0.1, 0.15) is 0 Å². The number of hydrogen-bond donors (Lipinski definition) is 3. The molecule has 2 saturated heterocycles. The number of sulfone groups is 1. The van der Waals surface area contributed by atoms with E-state index in [2.05, 4.69) is 16.0 Å². The van der Waals surface area contributed by atoms with E-state index in [-0.39, 0.29) is 36.2 Å². The van der Waals surface area contributed by atoms with Crippen LogP contribution in [0.2, 0.25) is 0 Å². The van der Waals surface area contributed by atoms with Crippen molar-refractivity contribution in [3.05, 3.63) is 29.8 Å². The third kappa shape index (κ3) is 4.97. The van der Waals surface area contributed by atoms with E-state index in [1.54, 1.807) is 12.1 Å². The Morgan fingerprint density at radius 2 is 1.81 bits per heavy atom. The lowest BCUT2D eigenvalue weighted by Gasteiger charge is -2.32. The Kier molecular flexibility index (Phi) is 6.84. The van der Waals surface area contributed by atoms with Crippen molar-refractivity contribution in [1.29, 1.82) is 0 Å². The molecular weight excluding hydrogens is 443 g/mol. The standard InChI is InChI=1S/C22H30F3N3O3S/c23-22(24,25)17-3-1-2-4-20(17)32(30,31)16-7-5-14(6-8-16)12-27-21(29)19-11-15-13-26-10-9-18(15)28-19/h5-8,15,17-20,26,28H,1-4,9-13H2,(H,27,29). The lowest BCUT2D eigenvalue weighted by atomic mass is 9.88. The van der Waals surface area contributed by atoms with E-state index in [0.717, 1.165) is 25.9 Å². The monoisotopic (exact) mass is 473 g/mol. The number of rotatable bonds is 5. The summed E-state index contributed by atoms with van der Waals surface area (Å²) in [7, 11) is -4.09. The van der Waals surface area contributed by atoms with Gasteiger partial charge in [-0.1, -0.05) is 25.0 Å². The number of amides is 1. The molecule has 0 aromatic heterocycles. The molecular formula is C22H30F3N3O3S. The average Bonchev–Trinajstić information content (AvgIpc) is 3.22. The summed E-state index contributed by atoms with van der Waals surface area (Å²) in [5.41, 5.74) is 0.699. The minimum atomic E-state index is -4.52. The fraction of sp³-hybridized carbons (Fsp3) is 0.682. The molecule has 0 radical (unpaired) electrons. The summed E-state index contributed by atoms with van der Waals surface area (Å²) in [6.45, 7) is 2.09. The summed E-state index contributed by atoms with van der Waals surface area (Å²) >= 11 is 0. The van der Waals surface area contributed by atoms with E-state index in [1.165, 1.54) is 12.1 Å². The van der Waals surface area contributed by atoms with Crippen LogP contribution >= 0.6 is 0 Å². The minimum absolute atomic E-state index is 0.0240. The number of carbonyl (C=O) groups excluding carboxylic acids is 1. The first-order chi connectivity index (χ1) is 15.2. The molecule has 5 unspecified atom stereocenters. The average molecular weight is 474 g/mol. The van der Waals surface area contributed by atoms with Gasteiger partial charge in [-0.15, -0.1) is 0 Å². The Morgan fingerprint density at radius 1 is 1.09 bits per heavy atom. The molecule has 3 aliphatic rings.